The van der Waals surface area contributed by atoms with Gasteiger partial charge in [-0.05, 0) is 19.1 Å². The lowest BCUT2D eigenvalue weighted by molar-refractivity contribution is 1.01. The predicted molar refractivity (Wildman–Crippen MR) is 61.2 cm³/mol. The summed E-state index contributed by atoms with van der Waals surface area (Å²) >= 11 is 6.88. The molecule has 78 valence electrons. The van der Waals surface area contributed by atoms with Crippen LogP contribution in [0.5, 0.6) is 0 Å². The molecule has 0 saturated carbocycles. The maximum absolute atomic E-state index is 5.79. The van der Waals surface area contributed by atoms with Crippen LogP contribution in [-0.4, -0.2) is 13.7 Å². The fourth-order valence-corrected chi connectivity index (χ4v) is 1.84. The number of halogens is 1. The number of anilines is 1. The second-order valence-corrected chi connectivity index (χ2v) is 3.91. The quantitative estimate of drug-likeness (QED) is 0.896. The molecule has 0 fully saturated rings. The Morgan fingerprint density at radius 3 is 2.93 bits per heavy atom. The lowest BCUT2D eigenvalue weighted by Gasteiger charge is -2.02. The Labute approximate surface area is 96.7 Å². The SMILES string of the molecule is Cc1cccc(CNc2nsnc2Cl)n1. The van der Waals surface area contributed by atoms with Crippen LogP contribution in [0.15, 0.2) is 18.2 Å². The Bertz CT molecular complexity index is 457. The van der Waals surface area contributed by atoms with Crippen LogP contribution in [-0.2, 0) is 6.54 Å². The molecule has 2 aromatic heterocycles. The van der Waals surface area contributed by atoms with Gasteiger partial charge >= 0.3 is 0 Å². The Kier molecular flexibility index (Phi) is 3.13. The number of hydrogen-bond acceptors (Lipinski definition) is 5. The van der Waals surface area contributed by atoms with Crippen LogP contribution in [0.2, 0.25) is 5.15 Å². The monoisotopic (exact) mass is 240 g/mol. The summed E-state index contributed by atoms with van der Waals surface area (Å²) < 4.78 is 7.87. The molecule has 0 radical (unpaired) electrons. The van der Waals surface area contributed by atoms with Crippen molar-refractivity contribution in [1.82, 2.24) is 13.7 Å². The van der Waals surface area contributed by atoms with Crippen molar-refractivity contribution in [2.75, 3.05) is 5.32 Å². The largest absolute Gasteiger partial charge is 0.361 e. The van der Waals surface area contributed by atoms with Gasteiger partial charge in [-0.3, -0.25) is 4.98 Å². The van der Waals surface area contributed by atoms with Gasteiger partial charge in [-0.25, -0.2) is 0 Å². The van der Waals surface area contributed by atoms with E-state index in [1.165, 1.54) is 0 Å². The van der Waals surface area contributed by atoms with Crippen molar-refractivity contribution in [3.05, 3.63) is 34.7 Å². The van der Waals surface area contributed by atoms with E-state index < -0.39 is 0 Å². The van der Waals surface area contributed by atoms with Crippen LogP contribution in [0.1, 0.15) is 11.4 Å². The zero-order valence-corrected chi connectivity index (χ0v) is 9.64. The van der Waals surface area contributed by atoms with Gasteiger partial charge in [0, 0.05) is 5.69 Å². The molecule has 2 heterocycles. The second kappa shape index (κ2) is 4.55. The molecule has 4 nitrogen and oxygen atoms in total. The van der Waals surface area contributed by atoms with Crippen LogP contribution in [0.3, 0.4) is 0 Å². The molecule has 0 unspecified atom stereocenters. The van der Waals surface area contributed by atoms with Crippen LogP contribution < -0.4 is 5.32 Å². The maximum atomic E-state index is 5.79. The number of nitrogens with zero attached hydrogens (tertiary/aromatic N) is 3. The Hall–Kier alpha value is -1.20. The summed E-state index contributed by atoms with van der Waals surface area (Å²) in [7, 11) is 0. The van der Waals surface area contributed by atoms with Gasteiger partial charge in [-0.1, -0.05) is 17.7 Å². The van der Waals surface area contributed by atoms with Gasteiger partial charge in [0.25, 0.3) is 0 Å². The fourth-order valence-electron chi connectivity index (χ4n) is 1.16. The van der Waals surface area contributed by atoms with Gasteiger partial charge in [-0.15, -0.1) is 0 Å². The molecule has 6 heteroatoms. The van der Waals surface area contributed by atoms with E-state index in [0.29, 0.717) is 17.5 Å². The summed E-state index contributed by atoms with van der Waals surface area (Å²) in [6.45, 7) is 2.56. The van der Waals surface area contributed by atoms with Crippen molar-refractivity contribution in [2.24, 2.45) is 0 Å². The first-order valence-corrected chi connectivity index (χ1v) is 5.51. The average Bonchev–Trinajstić information content (AvgIpc) is 2.61. The topological polar surface area (TPSA) is 50.7 Å². The van der Waals surface area contributed by atoms with E-state index in [4.69, 9.17) is 11.6 Å². The summed E-state index contributed by atoms with van der Waals surface area (Å²) in [4.78, 5) is 4.35. The van der Waals surface area contributed by atoms with E-state index >= 15 is 0 Å². The highest BCUT2D eigenvalue weighted by atomic mass is 35.5. The Morgan fingerprint density at radius 1 is 1.40 bits per heavy atom. The second-order valence-electron chi connectivity index (χ2n) is 3.03. The molecule has 2 aromatic rings. The van der Waals surface area contributed by atoms with E-state index in [1.54, 1.807) is 0 Å². The number of nitrogens with one attached hydrogen (secondary N) is 1. The predicted octanol–water partition coefficient (Wildman–Crippen LogP) is 2.51. The van der Waals surface area contributed by atoms with Crippen LogP contribution in [0.25, 0.3) is 0 Å². The molecule has 0 saturated heterocycles. The first-order valence-electron chi connectivity index (χ1n) is 4.40. The molecular formula is C9H9ClN4S. The van der Waals surface area contributed by atoms with Crippen LogP contribution in [0, 0.1) is 6.92 Å². The Morgan fingerprint density at radius 2 is 2.27 bits per heavy atom. The molecule has 2 rings (SSSR count). The molecule has 1 N–H and O–H groups in total. The lowest BCUT2D eigenvalue weighted by Crippen LogP contribution is -2.02. The third-order valence-corrected chi connectivity index (χ3v) is 2.72. The zero-order chi connectivity index (χ0) is 10.7. The molecule has 0 aromatic carbocycles. The average molecular weight is 241 g/mol. The summed E-state index contributed by atoms with van der Waals surface area (Å²) in [5.41, 5.74) is 1.95. The fraction of sp³-hybridized carbons (Fsp3) is 0.222. The number of aryl methyl sites for hydroxylation is 1. The highest BCUT2D eigenvalue weighted by Gasteiger charge is 2.04. The normalized spacial score (nSPS) is 10.3. The molecule has 0 amide bonds. The van der Waals surface area contributed by atoms with E-state index in [2.05, 4.69) is 19.0 Å². The lowest BCUT2D eigenvalue weighted by atomic mass is 10.3. The minimum atomic E-state index is 0.410. The zero-order valence-electron chi connectivity index (χ0n) is 8.07. The third-order valence-electron chi connectivity index (χ3n) is 1.83. The summed E-state index contributed by atoms with van der Waals surface area (Å²) in [6.07, 6.45) is 0. The summed E-state index contributed by atoms with van der Waals surface area (Å²) in [5.74, 6) is 0.616. The molecule has 0 aliphatic heterocycles. The molecule has 0 aliphatic carbocycles. The summed E-state index contributed by atoms with van der Waals surface area (Å²) in [5, 5.41) is 3.49. The number of hydrogen-bond donors (Lipinski definition) is 1. The summed E-state index contributed by atoms with van der Waals surface area (Å²) in [6, 6.07) is 5.88. The third kappa shape index (κ3) is 2.64. The maximum Gasteiger partial charge on any atom is 0.186 e. The minimum absolute atomic E-state index is 0.410. The van der Waals surface area contributed by atoms with Crippen molar-refractivity contribution in [2.45, 2.75) is 13.5 Å². The molecule has 0 bridgehead atoms. The van der Waals surface area contributed by atoms with E-state index in [9.17, 15) is 0 Å². The molecule has 15 heavy (non-hydrogen) atoms. The number of rotatable bonds is 3. The first-order chi connectivity index (χ1) is 7.25. The van der Waals surface area contributed by atoms with E-state index in [0.717, 1.165) is 23.1 Å². The smallest absolute Gasteiger partial charge is 0.186 e. The van der Waals surface area contributed by atoms with Gasteiger partial charge in [0.2, 0.25) is 0 Å². The van der Waals surface area contributed by atoms with Crippen molar-refractivity contribution in [3.8, 4) is 0 Å². The van der Waals surface area contributed by atoms with Crippen molar-refractivity contribution in [3.63, 3.8) is 0 Å². The number of aromatic nitrogens is 3. The minimum Gasteiger partial charge on any atom is -0.361 e. The molecule has 0 spiro atoms. The van der Waals surface area contributed by atoms with Gasteiger partial charge in [-0.2, -0.15) is 8.75 Å². The molecular weight excluding hydrogens is 232 g/mol. The van der Waals surface area contributed by atoms with Crippen molar-refractivity contribution >= 4 is 29.1 Å². The highest BCUT2D eigenvalue weighted by Crippen LogP contribution is 2.18. The van der Waals surface area contributed by atoms with Gasteiger partial charge in [0.1, 0.15) is 0 Å². The van der Waals surface area contributed by atoms with Crippen LogP contribution >= 0.6 is 23.3 Å². The van der Waals surface area contributed by atoms with Crippen molar-refractivity contribution in [1.29, 1.82) is 0 Å². The molecule has 0 atom stereocenters. The molecule has 0 aliphatic rings. The standard InChI is InChI=1S/C9H9ClN4S/c1-6-3-2-4-7(12-6)5-11-9-8(10)13-15-14-9/h2-4H,5H2,1H3,(H,11,14). The number of pyridine rings is 1. The van der Waals surface area contributed by atoms with Crippen LogP contribution in [0.4, 0.5) is 5.82 Å². The van der Waals surface area contributed by atoms with Gasteiger partial charge < -0.3 is 5.32 Å². The Balaban J connectivity index is 2.02. The van der Waals surface area contributed by atoms with Gasteiger partial charge in [0.05, 0.1) is 24.0 Å². The first kappa shape index (κ1) is 10.3. The van der Waals surface area contributed by atoms with E-state index in [1.807, 2.05) is 25.1 Å². The highest BCUT2D eigenvalue weighted by molar-refractivity contribution is 6.99. The van der Waals surface area contributed by atoms with Gasteiger partial charge in [0.15, 0.2) is 11.0 Å². The van der Waals surface area contributed by atoms with E-state index in [-0.39, 0.29) is 0 Å². The van der Waals surface area contributed by atoms with Crippen molar-refractivity contribution < 1.29 is 0 Å².